The third-order valence-corrected chi connectivity index (χ3v) is 3.60. The van der Waals surface area contributed by atoms with Crippen molar-refractivity contribution < 1.29 is 9.53 Å². The van der Waals surface area contributed by atoms with E-state index in [0.717, 1.165) is 24.2 Å². The number of rotatable bonds is 7. The maximum Gasteiger partial charge on any atom is 0.261 e. The van der Waals surface area contributed by atoms with Gasteiger partial charge in [0.05, 0.1) is 0 Å². The van der Waals surface area contributed by atoms with Crippen molar-refractivity contribution in [2.45, 2.75) is 66.0 Å². The zero-order valence-electron chi connectivity index (χ0n) is 13.3. The van der Waals surface area contributed by atoms with E-state index in [9.17, 15) is 4.79 Å². The number of ether oxygens (including phenoxy) is 1. The molecule has 0 unspecified atom stereocenters. The predicted molar refractivity (Wildman–Crippen MR) is 83.1 cm³/mol. The van der Waals surface area contributed by atoms with Crippen LogP contribution in [0.5, 0.6) is 5.75 Å². The first-order valence-electron chi connectivity index (χ1n) is 7.52. The van der Waals surface area contributed by atoms with E-state index < -0.39 is 6.10 Å². The van der Waals surface area contributed by atoms with E-state index in [1.54, 1.807) is 0 Å². The molecule has 1 amide bonds. The molecule has 0 aliphatic heterocycles. The number of benzene rings is 1. The molecule has 0 aromatic heterocycles. The first kappa shape index (κ1) is 16.5. The van der Waals surface area contributed by atoms with E-state index in [-0.39, 0.29) is 11.9 Å². The van der Waals surface area contributed by atoms with Crippen molar-refractivity contribution in [3.63, 3.8) is 0 Å². The predicted octanol–water partition coefficient (Wildman–Crippen LogP) is 3.77. The molecular formula is C17H27NO2. The van der Waals surface area contributed by atoms with Gasteiger partial charge in [-0.25, -0.2) is 0 Å². The summed E-state index contributed by atoms with van der Waals surface area (Å²) in [6, 6.07) is 6.13. The van der Waals surface area contributed by atoms with Crippen molar-refractivity contribution in [3.05, 3.63) is 29.3 Å². The molecular weight excluding hydrogens is 250 g/mol. The molecule has 0 aliphatic carbocycles. The molecule has 0 bridgehead atoms. The average Bonchev–Trinajstić information content (AvgIpc) is 2.40. The van der Waals surface area contributed by atoms with Crippen LogP contribution < -0.4 is 10.1 Å². The molecule has 1 N–H and O–H groups in total. The quantitative estimate of drug-likeness (QED) is 0.824. The van der Waals surface area contributed by atoms with Gasteiger partial charge in [-0.15, -0.1) is 0 Å². The largest absolute Gasteiger partial charge is 0.480 e. The molecule has 1 rings (SSSR count). The maximum atomic E-state index is 12.2. The van der Waals surface area contributed by atoms with Crippen molar-refractivity contribution >= 4 is 5.91 Å². The summed E-state index contributed by atoms with van der Waals surface area (Å²) in [6.45, 7) is 10.2. The summed E-state index contributed by atoms with van der Waals surface area (Å²) in [6.07, 6.45) is 2.30. The zero-order valence-corrected chi connectivity index (χ0v) is 13.3. The minimum Gasteiger partial charge on any atom is -0.480 e. The SMILES string of the molecule is CCC[C@@H](C)NC(=O)[C@@H](CC)Oc1cccc(C)c1C. The number of aryl methyl sites for hydroxylation is 1. The van der Waals surface area contributed by atoms with Gasteiger partial charge in [-0.3, -0.25) is 4.79 Å². The lowest BCUT2D eigenvalue weighted by Crippen LogP contribution is -2.42. The first-order chi connectivity index (χ1) is 9.49. The highest BCUT2D eigenvalue weighted by molar-refractivity contribution is 5.81. The summed E-state index contributed by atoms with van der Waals surface area (Å²) < 4.78 is 5.90. The minimum absolute atomic E-state index is 0.0191. The average molecular weight is 277 g/mol. The minimum atomic E-state index is -0.421. The Morgan fingerprint density at radius 2 is 2.00 bits per heavy atom. The summed E-state index contributed by atoms with van der Waals surface area (Å²) >= 11 is 0. The molecule has 112 valence electrons. The van der Waals surface area contributed by atoms with Crippen LogP contribution in [0.25, 0.3) is 0 Å². The highest BCUT2D eigenvalue weighted by atomic mass is 16.5. The Hall–Kier alpha value is -1.51. The van der Waals surface area contributed by atoms with Crippen molar-refractivity contribution in [3.8, 4) is 5.75 Å². The highest BCUT2D eigenvalue weighted by Crippen LogP contribution is 2.22. The summed E-state index contributed by atoms with van der Waals surface area (Å²) in [5.74, 6) is 0.782. The number of hydrogen-bond donors (Lipinski definition) is 1. The van der Waals surface area contributed by atoms with Gasteiger partial charge in [0.15, 0.2) is 6.10 Å². The van der Waals surface area contributed by atoms with Gasteiger partial charge in [-0.2, -0.15) is 0 Å². The lowest BCUT2D eigenvalue weighted by molar-refractivity contribution is -0.128. The van der Waals surface area contributed by atoms with Crippen LogP contribution in [0.4, 0.5) is 0 Å². The highest BCUT2D eigenvalue weighted by Gasteiger charge is 2.20. The zero-order chi connectivity index (χ0) is 15.1. The first-order valence-corrected chi connectivity index (χ1v) is 7.52. The fraction of sp³-hybridized carbons (Fsp3) is 0.588. The molecule has 20 heavy (non-hydrogen) atoms. The Balaban J connectivity index is 2.71. The Morgan fingerprint density at radius 1 is 1.30 bits per heavy atom. The van der Waals surface area contributed by atoms with Crippen LogP contribution >= 0.6 is 0 Å². The smallest absolute Gasteiger partial charge is 0.261 e. The van der Waals surface area contributed by atoms with Gasteiger partial charge in [-0.05, 0) is 50.8 Å². The number of hydrogen-bond acceptors (Lipinski definition) is 2. The fourth-order valence-electron chi connectivity index (χ4n) is 2.17. The molecule has 0 saturated carbocycles. The van der Waals surface area contributed by atoms with Gasteiger partial charge in [-0.1, -0.05) is 32.4 Å². The van der Waals surface area contributed by atoms with E-state index >= 15 is 0 Å². The Labute approximate surface area is 122 Å². The van der Waals surface area contributed by atoms with E-state index in [4.69, 9.17) is 4.74 Å². The number of carbonyl (C=O) groups is 1. The maximum absolute atomic E-state index is 12.2. The molecule has 2 atom stereocenters. The second-order valence-electron chi connectivity index (χ2n) is 5.41. The molecule has 0 spiro atoms. The van der Waals surface area contributed by atoms with Gasteiger partial charge in [0, 0.05) is 6.04 Å². The van der Waals surface area contributed by atoms with Crippen LogP contribution in [0, 0.1) is 13.8 Å². The lowest BCUT2D eigenvalue weighted by Gasteiger charge is -2.21. The van der Waals surface area contributed by atoms with Gasteiger partial charge >= 0.3 is 0 Å². The third-order valence-electron chi connectivity index (χ3n) is 3.60. The van der Waals surface area contributed by atoms with Crippen LogP contribution in [-0.4, -0.2) is 18.1 Å². The summed E-state index contributed by atoms with van der Waals surface area (Å²) in [5, 5.41) is 3.02. The monoisotopic (exact) mass is 277 g/mol. The summed E-state index contributed by atoms with van der Waals surface area (Å²) in [5.41, 5.74) is 2.28. The fourth-order valence-corrected chi connectivity index (χ4v) is 2.17. The van der Waals surface area contributed by atoms with Gasteiger partial charge in [0.2, 0.25) is 0 Å². The van der Waals surface area contributed by atoms with Crippen LogP contribution in [0.3, 0.4) is 0 Å². The lowest BCUT2D eigenvalue weighted by atomic mass is 10.1. The summed E-state index contributed by atoms with van der Waals surface area (Å²) in [4.78, 5) is 12.2. The van der Waals surface area contributed by atoms with E-state index in [0.29, 0.717) is 6.42 Å². The molecule has 0 aliphatic rings. The topological polar surface area (TPSA) is 38.3 Å². The van der Waals surface area contributed by atoms with Crippen molar-refractivity contribution in [2.24, 2.45) is 0 Å². The van der Waals surface area contributed by atoms with Gasteiger partial charge < -0.3 is 10.1 Å². The molecule has 0 radical (unpaired) electrons. The number of amides is 1. The standard InChI is InChI=1S/C17H27NO2/c1-6-9-13(4)18-17(19)15(7-2)20-16-11-8-10-12(3)14(16)5/h8,10-11,13,15H,6-7,9H2,1-5H3,(H,18,19)/t13-,15-/m1/s1. The second kappa shape index (κ2) is 7.93. The molecule has 1 aromatic carbocycles. The van der Waals surface area contributed by atoms with Crippen LogP contribution in [0.2, 0.25) is 0 Å². The summed E-state index contributed by atoms with van der Waals surface area (Å²) in [7, 11) is 0. The van der Waals surface area contributed by atoms with E-state index in [1.165, 1.54) is 5.56 Å². The number of nitrogens with one attached hydrogen (secondary N) is 1. The number of carbonyl (C=O) groups excluding carboxylic acids is 1. The Bertz CT molecular complexity index is 443. The van der Waals surface area contributed by atoms with E-state index in [1.807, 2.05) is 45.9 Å². The normalized spacial score (nSPS) is 13.7. The van der Waals surface area contributed by atoms with Gasteiger partial charge in [0.25, 0.3) is 5.91 Å². The van der Waals surface area contributed by atoms with Crippen LogP contribution in [-0.2, 0) is 4.79 Å². The van der Waals surface area contributed by atoms with Crippen molar-refractivity contribution in [1.82, 2.24) is 5.32 Å². The third kappa shape index (κ3) is 4.55. The van der Waals surface area contributed by atoms with Gasteiger partial charge in [0.1, 0.15) is 5.75 Å². The molecule has 0 heterocycles. The molecule has 0 saturated heterocycles. The van der Waals surface area contributed by atoms with Crippen molar-refractivity contribution in [2.75, 3.05) is 0 Å². The molecule has 3 nitrogen and oxygen atoms in total. The Kier molecular flexibility index (Phi) is 6.56. The molecule has 1 aromatic rings. The van der Waals surface area contributed by atoms with Crippen LogP contribution in [0.1, 0.15) is 51.2 Å². The van der Waals surface area contributed by atoms with Crippen molar-refractivity contribution in [1.29, 1.82) is 0 Å². The van der Waals surface area contributed by atoms with E-state index in [2.05, 4.69) is 12.2 Å². The second-order valence-corrected chi connectivity index (χ2v) is 5.41. The molecule has 3 heteroatoms. The Morgan fingerprint density at radius 3 is 2.60 bits per heavy atom. The molecule has 0 fully saturated rings. The van der Waals surface area contributed by atoms with Crippen LogP contribution in [0.15, 0.2) is 18.2 Å².